The fourth-order valence-electron chi connectivity index (χ4n) is 3.09. The maximum atomic E-state index is 12.5. The number of epoxide rings is 1. The van der Waals surface area contributed by atoms with Crippen LogP contribution in [0.5, 0.6) is 0 Å². The average Bonchev–Trinajstić information content (AvgIpc) is 2.95. The Kier molecular flexibility index (Phi) is 1.74. The maximum Gasteiger partial charge on any atom is 0.273 e. The predicted molar refractivity (Wildman–Crippen MR) is 61.8 cm³/mol. The third-order valence-electron chi connectivity index (χ3n) is 4.12. The van der Waals surface area contributed by atoms with Crippen LogP contribution >= 0.6 is 0 Å². The van der Waals surface area contributed by atoms with Gasteiger partial charge in [-0.1, -0.05) is 24.3 Å². The van der Waals surface area contributed by atoms with E-state index >= 15 is 0 Å². The number of fused-ring (bicyclic) bond motifs is 1. The third-order valence-corrected chi connectivity index (χ3v) is 4.12. The fourth-order valence-corrected chi connectivity index (χ4v) is 3.09. The summed E-state index contributed by atoms with van der Waals surface area (Å²) in [6, 6.07) is 6.58. The molecule has 3 unspecified atom stereocenters. The highest BCUT2D eigenvalue weighted by Gasteiger charge is 2.87. The molecule has 0 amide bonds. The van der Waals surface area contributed by atoms with Crippen molar-refractivity contribution in [2.24, 2.45) is 0 Å². The van der Waals surface area contributed by atoms with Gasteiger partial charge >= 0.3 is 0 Å². The first kappa shape index (κ1) is 11.0. The van der Waals surface area contributed by atoms with Gasteiger partial charge in [0.2, 0.25) is 11.6 Å². The molecule has 0 saturated carbocycles. The van der Waals surface area contributed by atoms with E-state index in [1.165, 1.54) is 6.92 Å². The van der Waals surface area contributed by atoms with E-state index in [1.54, 1.807) is 24.3 Å². The van der Waals surface area contributed by atoms with Gasteiger partial charge in [-0.05, 0) is 6.92 Å². The molecule has 3 aliphatic rings. The Morgan fingerprint density at radius 1 is 1.21 bits per heavy atom. The summed E-state index contributed by atoms with van der Waals surface area (Å²) < 4.78 is 10.9. The van der Waals surface area contributed by atoms with E-state index < -0.39 is 17.5 Å². The second kappa shape index (κ2) is 3.00. The molecule has 0 bridgehead atoms. The van der Waals surface area contributed by atoms with Crippen molar-refractivity contribution in [3.8, 4) is 0 Å². The summed E-state index contributed by atoms with van der Waals surface area (Å²) in [5, 5.41) is 0. The van der Waals surface area contributed by atoms with Gasteiger partial charge in [0.15, 0.2) is 11.4 Å². The van der Waals surface area contributed by atoms with Gasteiger partial charge in [-0.3, -0.25) is 14.4 Å². The lowest BCUT2D eigenvalue weighted by molar-refractivity contribution is -0.136. The van der Waals surface area contributed by atoms with Crippen molar-refractivity contribution in [1.82, 2.24) is 0 Å². The lowest BCUT2D eigenvalue weighted by Crippen LogP contribution is -2.42. The molecule has 2 heterocycles. The third kappa shape index (κ3) is 1.03. The molecule has 1 aromatic carbocycles. The normalized spacial score (nSPS) is 38.5. The number of carbonyl (C=O) groups is 3. The number of ketones is 3. The fraction of sp³-hybridized carbons (Fsp3) is 0.357. The topological polar surface area (TPSA) is 73.0 Å². The number of ether oxygens (including phenoxy) is 2. The van der Waals surface area contributed by atoms with Gasteiger partial charge in [0.05, 0.1) is 0 Å². The van der Waals surface area contributed by atoms with E-state index in [4.69, 9.17) is 9.47 Å². The molecule has 4 rings (SSSR count). The minimum absolute atomic E-state index is 0.126. The zero-order chi connectivity index (χ0) is 13.4. The maximum absolute atomic E-state index is 12.5. The molecule has 0 aromatic heterocycles. The van der Waals surface area contributed by atoms with Crippen molar-refractivity contribution in [2.75, 3.05) is 0 Å². The van der Waals surface area contributed by atoms with E-state index in [0.29, 0.717) is 11.1 Å². The molecule has 0 radical (unpaired) electrons. The molecule has 1 aromatic rings. The van der Waals surface area contributed by atoms with Crippen LogP contribution in [0.3, 0.4) is 0 Å². The summed E-state index contributed by atoms with van der Waals surface area (Å²) in [6.07, 6.45) is -0.614. The van der Waals surface area contributed by atoms with Crippen LogP contribution in [0.15, 0.2) is 24.3 Å². The van der Waals surface area contributed by atoms with Crippen LogP contribution < -0.4 is 0 Å². The molecule has 96 valence electrons. The van der Waals surface area contributed by atoms with Crippen LogP contribution in [0, 0.1) is 0 Å². The summed E-state index contributed by atoms with van der Waals surface area (Å²) >= 11 is 0. The molecular weight excluding hydrogens is 248 g/mol. The Bertz CT molecular complexity index is 615. The standard InChI is InChI=1S/C14H10O5/c1-7(15)10-6-13-11(16)8-4-2-3-5-9(8)12(17)14(13,18-10)19-13/h2-5,10H,6H2,1H3. The van der Waals surface area contributed by atoms with Gasteiger partial charge in [0, 0.05) is 17.5 Å². The molecule has 1 aliphatic carbocycles. The number of Topliss-reactive ketones (excluding diaryl/α,β-unsaturated/α-hetero) is 3. The van der Waals surface area contributed by atoms with E-state index in [9.17, 15) is 14.4 Å². The summed E-state index contributed by atoms with van der Waals surface area (Å²) in [4.78, 5) is 36.4. The molecule has 3 atom stereocenters. The van der Waals surface area contributed by atoms with Crippen LogP contribution in [0.4, 0.5) is 0 Å². The molecule has 5 nitrogen and oxygen atoms in total. The number of carbonyl (C=O) groups excluding carboxylic acids is 3. The Balaban J connectivity index is 1.89. The van der Waals surface area contributed by atoms with Gasteiger partial charge in [0.1, 0.15) is 6.10 Å². The minimum Gasteiger partial charge on any atom is -0.329 e. The van der Waals surface area contributed by atoms with E-state index in [0.717, 1.165) is 0 Å². The molecule has 2 saturated heterocycles. The SMILES string of the molecule is CC(=O)C1CC23OC2(O1)C(=O)c1ccccc1C3=O. The zero-order valence-corrected chi connectivity index (χ0v) is 10.1. The summed E-state index contributed by atoms with van der Waals surface area (Å²) in [5.41, 5.74) is -0.604. The molecule has 0 spiro atoms. The molecular formula is C14H10O5. The zero-order valence-electron chi connectivity index (χ0n) is 10.1. The van der Waals surface area contributed by atoms with E-state index in [1.807, 2.05) is 0 Å². The Morgan fingerprint density at radius 2 is 1.84 bits per heavy atom. The van der Waals surface area contributed by atoms with Crippen LogP contribution in [0.25, 0.3) is 0 Å². The lowest BCUT2D eigenvalue weighted by Gasteiger charge is -2.18. The first-order valence-electron chi connectivity index (χ1n) is 6.09. The Morgan fingerprint density at radius 3 is 2.47 bits per heavy atom. The second-order valence-corrected chi connectivity index (χ2v) is 5.17. The highest BCUT2D eigenvalue weighted by Crippen LogP contribution is 2.63. The van der Waals surface area contributed by atoms with Crippen LogP contribution in [0.1, 0.15) is 34.1 Å². The molecule has 2 aliphatic heterocycles. The first-order chi connectivity index (χ1) is 9.02. The summed E-state index contributed by atoms with van der Waals surface area (Å²) in [6.45, 7) is 1.39. The Labute approximate surface area is 108 Å². The molecule has 5 heteroatoms. The molecule has 2 fully saturated rings. The highest BCUT2D eigenvalue weighted by atomic mass is 16.8. The minimum atomic E-state index is -1.55. The summed E-state index contributed by atoms with van der Waals surface area (Å²) in [7, 11) is 0. The van der Waals surface area contributed by atoms with Crippen molar-refractivity contribution >= 4 is 17.3 Å². The highest BCUT2D eigenvalue weighted by molar-refractivity contribution is 6.25. The lowest BCUT2D eigenvalue weighted by atomic mass is 9.79. The van der Waals surface area contributed by atoms with Crippen LogP contribution in [0.2, 0.25) is 0 Å². The summed E-state index contributed by atoms with van der Waals surface area (Å²) in [5.74, 6) is -2.35. The van der Waals surface area contributed by atoms with Gasteiger partial charge in [-0.15, -0.1) is 0 Å². The first-order valence-corrected chi connectivity index (χ1v) is 6.09. The predicted octanol–water partition coefficient (Wildman–Crippen LogP) is 0.909. The van der Waals surface area contributed by atoms with E-state index in [2.05, 4.69) is 0 Å². The van der Waals surface area contributed by atoms with Crippen molar-refractivity contribution in [2.45, 2.75) is 30.8 Å². The van der Waals surface area contributed by atoms with Crippen LogP contribution in [-0.2, 0) is 14.3 Å². The van der Waals surface area contributed by atoms with Crippen molar-refractivity contribution < 1.29 is 23.9 Å². The van der Waals surface area contributed by atoms with E-state index in [-0.39, 0.29) is 23.8 Å². The number of hydrogen-bond acceptors (Lipinski definition) is 5. The Hall–Kier alpha value is -1.85. The largest absolute Gasteiger partial charge is 0.329 e. The van der Waals surface area contributed by atoms with Crippen LogP contribution in [-0.4, -0.2) is 34.8 Å². The van der Waals surface area contributed by atoms with Crippen molar-refractivity contribution in [1.29, 1.82) is 0 Å². The average molecular weight is 258 g/mol. The van der Waals surface area contributed by atoms with Crippen molar-refractivity contribution in [3.63, 3.8) is 0 Å². The van der Waals surface area contributed by atoms with Gasteiger partial charge in [-0.25, -0.2) is 0 Å². The number of rotatable bonds is 1. The van der Waals surface area contributed by atoms with Crippen molar-refractivity contribution in [3.05, 3.63) is 35.4 Å². The number of benzene rings is 1. The molecule has 19 heavy (non-hydrogen) atoms. The smallest absolute Gasteiger partial charge is 0.273 e. The quantitative estimate of drug-likeness (QED) is 0.700. The van der Waals surface area contributed by atoms with Gasteiger partial charge in [0.25, 0.3) is 5.79 Å². The number of hydrogen-bond donors (Lipinski definition) is 0. The second-order valence-electron chi connectivity index (χ2n) is 5.17. The van der Waals surface area contributed by atoms with Gasteiger partial charge in [-0.2, -0.15) is 0 Å². The monoisotopic (exact) mass is 258 g/mol. The van der Waals surface area contributed by atoms with Gasteiger partial charge < -0.3 is 9.47 Å². The molecule has 0 N–H and O–H groups in total.